The summed E-state index contributed by atoms with van der Waals surface area (Å²) in [5.41, 5.74) is 2.73. The number of carbonyl (C=O) groups is 1. The van der Waals surface area contributed by atoms with E-state index < -0.39 is 5.97 Å². The number of para-hydroxylation sites is 1. The van der Waals surface area contributed by atoms with E-state index in [4.69, 9.17) is 4.74 Å². The number of benzene rings is 1. The standard InChI is InChI=1S/C17H13N5O2/c23-17(13-6-7-21-12-18-10-16(21)8-13)24-11-14-9-19-22(20-14)15-4-2-1-3-5-15/h1-10,12H,11H2. The van der Waals surface area contributed by atoms with Crippen molar-refractivity contribution in [3.63, 3.8) is 0 Å². The molecule has 0 unspecified atom stereocenters. The zero-order valence-electron chi connectivity index (χ0n) is 12.6. The van der Waals surface area contributed by atoms with Gasteiger partial charge in [-0.2, -0.15) is 9.90 Å². The number of imidazole rings is 1. The van der Waals surface area contributed by atoms with Gasteiger partial charge < -0.3 is 9.14 Å². The Morgan fingerprint density at radius 2 is 2.00 bits per heavy atom. The highest BCUT2D eigenvalue weighted by molar-refractivity contribution is 5.90. The molecule has 1 aromatic carbocycles. The maximum absolute atomic E-state index is 12.2. The van der Waals surface area contributed by atoms with Crippen LogP contribution >= 0.6 is 0 Å². The molecule has 0 aliphatic rings. The van der Waals surface area contributed by atoms with Crippen LogP contribution in [0.4, 0.5) is 0 Å². The van der Waals surface area contributed by atoms with Crippen LogP contribution in [-0.2, 0) is 11.3 Å². The van der Waals surface area contributed by atoms with E-state index in [1.54, 1.807) is 37.1 Å². The van der Waals surface area contributed by atoms with Crippen LogP contribution in [0.15, 0.2) is 67.4 Å². The third kappa shape index (κ3) is 2.74. The lowest BCUT2D eigenvalue weighted by atomic mass is 10.2. The molecule has 0 spiro atoms. The summed E-state index contributed by atoms with van der Waals surface area (Å²) in [6.45, 7) is 0.0656. The van der Waals surface area contributed by atoms with Crippen LogP contribution in [0, 0.1) is 0 Å². The van der Waals surface area contributed by atoms with E-state index in [1.165, 1.54) is 4.80 Å². The molecule has 0 aliphatic heterocycles. The lowest BCUT2D eigenvalue weighted by molar-refractivity contribution is 0.0467. The highest BCUT2D eigenvalue weighted by atomic mass is 16.5. The highest BCUT2D eigenvalue weighted by Crippen LogP contribution is 2.10. The van der Waals surface area contributed by atoms with Gasteiger partial charge in [0.1, 0.15) is 12.3 Å². The molecule has 0 amide bonds. The van der Waals surface area contributed by atoms with Crippen molar-refractivity contribution in [1.82, 2.24) is 24.4 Å². The average molecular weight is 319 g/mol. The van der Waals surface area contributed by atoms with Crippen LogP contribution in [0.5, 0.6) is 0 Å². The van der Waals surface area contributed by atoms with Gasteiger partial charge in [0.2, 0.25) is 0 Å². The number of rotatable bonds is 4. The Kier molecular flexibility index (Phi) is 3.51. The lowest BCUT2D eigenvalue weighted by Gasteiger charge is -2.03. The number of hydrogen-bond donors (Lipinski definition) is 0. The molecule has 0 saturated heterocycles. The van der Waals surface area contributed by atoms with E-state index in [1.807, 2.05) is 34.7 Å². The Balaban J connectivity index is 1.45. The molecule has 0 fully saturated rings. The minimum Gasteiger partial charge on any atom is -0.455 e. The van der Waals surface area contributed by atoms with Gasteiger partial charge in [-0.05, 0) is 24.3 Å². The van der Waals surface area contributed by atoms with E-state index in [-0.39, 0.29) is 6.61 Å². The van der Waals surface area contributed by atoms with Crippen molar-refractivity contribution >= 4 is 11.5 Å². The fourth-order valence-electron chi connectivity index (χ4n) is 2.32. The molecular weight excluding hydrogens is 306 g/mol. The quantitative estimate of drug-likeness (QED) is 0.539. The Bertz CT molecular complexity index is 990. The summed E-state index contributed by atoms with van der Waals surface area (Å²) >= 11 is 0. The second-order valence-electron chi connectivity index (χ2n) is 5.18. The van der Waals surface area contributed by atoms with Crippen LogP contribution in [0.2, 0.25) is 0 Å². The number of ether oxygens (including phenoxy) is 1. The molecule has 0 N–H and O–H groups in total. The fourth-order valence-corrected chi connectivity index (χ4v) is 2.32. The van der Waals surface area contributed by atoms with Crippen molar-refractivity contribution in [3.8, 4) is 5.69 Å². The SMILES string of the molecule is O=C(OCc1cnn(-c2ccccc2)n1)c1ccn2cncc2c1. The zero-order chi connectivity index (χ0) is 16.4. The van der Waals surface area contributed by atoms with Crippen molar-refractivity contribution < 1.29 is 9.53 Å². The van der Waals surface area contributed by atoms with Gasteiger partial charge in [0.05, 0.1) is 35.5 Å². The minimum atomic E-state index is -0.409. The zero-order valence-corrected chi connectivity index (χ0v) is 12.6. The molecule has 3 aromatic heterocycles. The molecule has 4 aromatic rings. The highest BCUT2D eigenvalue weighted by Gasteiger charge is 2.10. The Morgan fingerprint density at radius 1 is 1.12 bits per heavy atom. The summed E-state index contributed by atoms with van der Waals surface area (Å²) < 4.78 is 7.13. The molecule has 0 atom stereocenters. The predicted octanol–water partition coefficient (Wildman–Crippen LogP) is 2.27. The number of esters is 1. The van der Waals surface area contributed by atoms with Gasteiger partial charge in [0.25, 0.3) is 0 Å². The van der Waals surface area contributed by atoms with Crippen LogP contribution in [0.3, 0.4) is 0 Å². The molecule has 0 aliphatic carbocycles. The fraction of sp³-hybridized carbons (Fsp3) is 0.0588. The molecule has 4 rings (SSSR count). The Morgan fingerprint density at radius 3 is 2.88 bits per heavy atom. The molecule has 7 nitrogen and oxygen atoms in total. The summed E-state index contributed by atoms with van der Waals surface area (Å²) in [4.78, 5) is 17.7. The largest absolute Gasteiger partial charge is 0.455 e. The van der Waals surface area contributed by atoms with Gasteiger partial charge in [-0.3, -0.25) is 0 Å². The second-order valence-corrected chi connectivity index (χ2v) is 5.18. The topological polar surface area (TPSA) is 74.3 Å². The summed E-state index contributed by atoms with van der Waals surface area (Å²) in [5, 5.41) is 8.48. The Labute approximate surface area is 137 Å². The van der Waals surface area contributed by atoms with Gasteiger partial charge in [-0.1, -0.05) is 18.2 Å². The number of aromatic nitrogens is 5. The van der Waals surface area contributed by atoms with Crippen molar-refractivity contribution in [1.29, 1.82) is 0 Å². The number of fused-ring (bicyclic) bond motifs is 1. The molecule has 0 bridgehead atoms. The summed E-state index contributed by atoms with van der Waals surface area (Å²) in [5.74, 6) is -0.409. The van der Waals surface area contributed by atoms with Crippen LogP contribution in [0.25, 0.3) is 11.2 Å². The van der Waals surface area contributed by atoms with Crippen molar-refractivity contribution in [2.75, 3.05) is 0 Å². The van der Waals surface area contributed by atoms with Crippen molar-refractivity contribution in [3.05, 3.63) is 78.6 Å². The van der Waals surface area contributed by atoms with Crippen LogP contribution < -0.4 is 0 Å². The number of carbonyl (C=O) groups excluding carboxylic acids is 1. The van der Waals surface area contributed by atoms with E-state index in [0.717, 1.165) is 11.2 Å². The first kappa shape index (κ1) is 14.1. The van der Waals surface area contributed by atoms with Crippen molar-refractivity contribution in [2.24, 2.45) is 0 Å². The van der Waals surface area contributed by atoms with Crippen LogP contribution in [-0.4, -0.2) is 30.3 Å². The minimum absolute atomic E-state index is 0.0656. The number of pyridine rings is 1. The average Bonchev–Trinajstić information content (AvgIpc) is 3.29. The molecule has 0 saturated carbocycles. The van der Waals surface area contributed by atoms with Gasteiger partial charge in [0.15, 0.2) is 0 Å². The Hall–Kier alpha value is -3.48. The van der Waals surface area contributed by atoms with E-state index >= 15 is 0 Å². The summed E-state index contributed by atoms with van der Waals surface area (Å²) in [7, 11) is 0. The van der Waals surface area contributed by atoms with Gasteiger partial charge in [0, 0.05) is 6.20 Å². The first-order chi connectivity index (χ1) is 11.8. The number of hydrogen-bond acceptors (Lipinski definition) is 5. The third-order valence-electron chi connectivity index (χ3n) is 3.53. The summed E-state index contributed by atoms with van der Waals surface area (Å²) in [6.07, 6.45) is 6.71. The molecule has 3 heterocycles. The predicted molar refractivity (Wildman–Crippen MR) is 85.7 cm³/mol. The second kappa shape index (κ2) is 5.96. The van der Waals surface area contributed by atoms with Crippen LogP contribution in [0.1, 0.15) is 16.1 Å². The van der Waals surface area contributed by atoms with E-state index in [2.05, 4.69) is 15.2 Å². The molecule has 0 radical (unpaired) electrons. The molecule has 7 heteroatoms. The molecular formula is C17H13N5O2. The first-order valence-electron chi connectivity index (χ1n) is 7.35. The normalized spacial score (nSPS) is 10.8. The van der Waals surface area contributed by atoms with E-state index in [0.29, 0.717) is 11.3 Å². The van der Waals surface area contributed by atoms with Crippen molar-refractivity contribution in [2.45, 2.75) is 6.61 Å². The molecule has 24 heavy (non-hydrogen) atoms. The number of nitrogens with zero attached hydrogens (tertiary/aromatic N) is 5. The molecule has 118 valence electrons. The lowest BCUT2D eigenvalue weighted by Crippen LogP contribution is -2.06. The smallest absolute Gasteiger partial charge is 0.338 e. The van der Waals surface area contributed by atoms with Gasteiger partial charge in [-0.15, -0.1) is 5.10 Å². The monoisotopic (exact) mass is 319 g/mol. The third-order valence-corrected chi connectivity index (χ3v) is 3.53. The summed E-state index contributed by atoms with van der Waals surface area (Å²) in [6, 6.07) is 13.0. The van der Waals surface area contributed by atoms with Gasteiger partial charge in [-0.25, -0.2) is 9.78 Å². The van der Waals surface area contributed by atoms with E-state index in [9.17, 15) is 4.79 Å². The maximum atomic E-state index is 12.2. The maximum Gasteiger partial charge on any atom is 0.338 e. The first-order valence-corrected chi connectivity index (χ1v) is 7.35. The van der Waals surface area contributed by atoms with Gasteiger partial charge >= 0.3 is 5.97 Å².